The van der Waals surface area contributed by atoms with Crippen LogP contribution in [0.3, 0.4) is 0 Å². The van der Waals surface area contributed by atoms with Gasteiger partial charge in [-0.1, -0.05) is 18.2 Å². The van der Waals surface area contributed by atoms with Gasteiger partial charge in [-0.25, -0.2) is 0 Å². The monoisotopic (exact) mass is 372 g/mol. The van der Waals surface area contributed by atoms with Crippen LogP contribution < -0.4 is 0 Å². The number of fused-ring (bicyclic) bond motifs is 1. The highest BCUT2D eigenvalue weighted by Crippen LogP contribution is 2.24. The van der Waals surface area contributed by atoms with Gasteiger partial charge in [-0.3, -0.25) is 9.45 Å². The second-order valence-electron chi connectivity index (χ2n) is 6.21. The summed E-state index contributed by atoms with van der Waals surface area (Å²) in [6, 6.07) is 11.4. The van der Waals surface area contributed by atoms with Gasteiger partial charge in [0.15, 0.2) is 0 Å². The molecule has 142 valence electrons. The number of hydrogen-bond acceptors (Lipinski definition) is 4. The fourth-order valence-corrected chi connectivity index (χ4v) is 3.14. The predicted molar refractivity (Wildman–Crippen MR) is 99.7 cm³/mol. The highest BCUT2D eigenvalue weighted by atomic mass is 32.2. The molecule has 8 heteroatoms. The second-order valence-corrected chi connectivity index (χ2v) is 7.68. The molecule has 25 heavy (non-hydrogen) atoms. The van der Waals surface area contributed by atoms with Gasteiger partial charge in [0.25, 0.3) is 10.1 Å². The Morgan fingerprint density at radius 3 is 2.40 bits per heavy atom. The molecule has 0 aliphatic carbocycles. The van der Waals surface area contributed by atoms with E-state index >= 15 is 0 Å². The Labute approximate surface area is 149 Å². The maximum atomic E-state index is 9.19. The summed E-state index contributed by atoms with van der Waals surface area (Å²) >= 11 is 0. The van der Waals surface area contributed by atoms with Crippen LogP contribution in [-0.2, 0) is 14.9 Å². The minimum atomic E-state index is -3.67. The lowest BCUT2D eigenvalue weighted by Crippen LogP contribution is -2.39. The Morgan fingerprint density at radius 1 is 1.24 bits per heavy atom. The zero-order valence-electron chi connectivity index (χ0n) is 15.0. The molecular formula is C17H28N2O5S. The molecule has 2 heterocycles. The molecule has 0 radical (unpaired) electrons. The molecule has 7 nitrogen and oxygen atoms in total. The number of aromatic nitrogens is 1. The summed E-state index contributed by atoms with van der Waals surface area (Å²) in [5.74, 6) is 0. The molecule has 0 amide bonds. The zero-order valence-corrected chi connectivity index (χ0v) is 15.8. The van der Waals surface area contributed by atoms with Crippen molar-refractivity contribution < 1.29 is 23.2 Å². The van der Waals surface area contributed by atoms with E-state index in [1.54, 1.807) is 0 Å². The van der Waals surface area contributed by atoms with E-state index in [-0.39, 0.29) is 5.48 Å². The number of aryl methyl sites for hydroxylation is 1. The van der Waals surface area contributed by atoms with Crippen molar-refractivity contribution >= 4 is 21.0 Å². The molecule has 1 atom stereocenters. The number of benzene rings is 1. The van der Waals surface area contributed by atoms with E-state index in [1.165, 1.54) is 16.6 Å². The van der Waals surface area contributed by atoms with Crippen molar-refractivity contribution in [1.29, 1.82) is 0 Å². The number of ether oxygens (including phenoxy) is 1. The van der Waals surface area contributed by atoms with E-state index in [4.69, 9.17) is 9.29 Å². The van der Waals surface area contributed by atoms with Gasteiger partial charge >= 0.3 is 0 Å². The van der Waals surface area contributed by atoms with Gasteiger partial charge in [-0.05, 0) is 31.4 Å². The Morgan fingerprint density at radius 2 is 1.80 bits per heavy atom. The summed E-state index contributed by atoms with van der Waals surface area (Å²) in [7, 11) is -3.67. The van der Waals surface area contributed by atoms with Crippen molar-refractivity contribution in [3.05, 3.63) is 36.0 Å². The molecular weight excluding hydrogens is 344 g/mol. The Kier molecular flexibility index (Phi) is 8.04. The van der Waals surface area contributed by atoms with Crippen LogP contribution in [0.2, 0.25) is 0 Å². The van der Waals surface area contributed by atoms with Crippen LogP contribution in [0, 0.1) is 6.92 Å². The molecule has 0 bridgehead atoms. The quantitative estimate of drug-likeness (QED) is 0.823. The number of rotatable bonds is 3. The van der Waals surface area contributed by atoms with E-state index in [0.29, 0.717) is 12.3 Å². The van der Waals surface area contributed by atoms with Crippen molar-refractivity contribution in [2.75, 3.05) is 39.1 Å². The Hall–Kier alpha value is -1.45. The molecule has 1 aliphatic heterocycles. The summed E-state index contributed by atoms with van der Waals surface area (Å²) in [5, 5.41) is 1.34. The fourth-order valence-electron chi connectivity index (χ4n) is 3.14. The first-order valence-electron chi connectivity index (χ1n) is 8.05. The Bertz CT molecular complexity index is 758. The van der Waals surface area contributed by atoms with Crippen LogP contribution >= 0.6 is 0 Å². The van der Waals surface area contributed by atoms with Crippen LogP contribution in [0.25, 0.3) is 10.9 Å². The molecule has 3 rings (SSSR count). The van der Waals surface area contributed by atoms with E-state index in [0.717, 1.165) is 32.8 Å². The zero-order chi connectivity index (χ0) is 17.7. The average molecular weight is 372 g/mol. The van der Waals surface area contributed by atoms with Crippen molar-refractivity contribution in [3.8, 4) is 0 Å². The fraction of sp³-hybridized carbons (Fsp3) is 0.529. The van der Waals surface area contributed by atoms with Gasteiger partial charge in [-0.15, -0.1) is 0 Å². The summed E-state index contributed by atoms with van der Waals surface area (Å²) in [5.41, 5.74) is 2.70. The number of nitrogens with zero attached hydrogens (tertiary/aromatic N) is 2. The van der Waals surface area contributed by atoms with Crippen LogP contribution in [0.4, 0.5) is 0 Å². The molecule has 1 aliphatic rings. The van der Waals surface area contributed by atoms with Crippen LogP contribution in [0.1, 0.15) is 18.7 Å². The number of para-hydroxylation sites is 1. The van der Waals surface area contributed by atoms with E-state index in [1.807, 2.05) is 0 Å². The molecule has 3 N–H and O–H groups in total. The topological polar surface area (TPSA) is 103 Å². The van der Waals surface area contributed by atoms with Gasteiger partial charge in [0, 0.05) is 36.9 Å². The standard InChI is InChI=1S/C16H22N2O.CH4O3S.H2O/c1-13-11-15-5-3-4-6-16(15)18(13)14(2)12-17-7-9-19-10-8-17;1-5(2,3)4;/h3-6,11,14H,7-10,12H2,1-2H3;1H3,(H,2,3,4);1H2. The van der Waals surface area contributed by atoms with E-state index in [9.17, 15) is 8.42 Å². The first-order chi connectivity index (χ1) is 11.3. The largest absolute Gasteiger partial charge is 0.412 e. The normalized spacial score (nSPS) is 16.6. The van der Waals surface area contributed by atoms with Crippen molar-refractivity contribution in [1.82, 2.24) is 9.47 Å². The van der Waals surface area contributed by atoms with Gasteiger partial charge < -0.3 is 14.8 Å². The first kappa shape index (κ1) is 21.6. The third-order valence-corrected chi connectivity index (χ3v) is 4.01. The highest BCUT2D eigenvalue weighted by molar-refractivity contribution is 7.85. The number of morpholine rings is 1. The van der Waals surface area contributed by atoms with Crippen LogP contribution in [-0.4, -0.2) is 67.0 Å². The molecule has 0 spiro atoms. The van der Waals surface area contributed by atoms with Gasteiger partial charge in [-0.2, -0.15) is 8.42 Å². The van der Waals surface area contributed by atoms with Gasteiger partial charge in [0.2, 0.25) is 0 Å². The lowest BCUT2D eigenvalue weighted by molar-refractivity contribution is 0.0327. The molecule has 1 fully saturated rings. The van der Waals surface area contributed by atoms with Crippen molar-refractivity contribution in [2.45, 2.75) is 19.9 Å². The second kappa shape index (κ2) is 9.30. The molecule has 0 saturated carbocycles. The summed E-state index contributed by atoms with van der Waals surface area (Å²) in [6.07, 6.45) is 0.715. The molecule has 1 aromatic carbocycles. The van der Waals surface area contributed by atoms with Crippen molar-refractivity contribution in [2.24, 2.45) is 0 Å². The summed E-state index contributed by atoms with van der Waals surface area (Å²) in [6.45, 7) is 9.48. The smallest absolute Gasteiger partial charge is 0.261 e. The predicted octanol–water partition coefficient (Wildman–Crippen LogP) is 1.52. The molecule has 1 unspecified atom stereocenters. The van der Waals surface area contributed by atoms with Gasteiger partial charge in [0.1, 0.15) is 0 Å². The van der Waals surface area contributed by atoms with Crippen LogP contribution in [0.5, 0.6) is 0 Å². The van der Waals surface area contributed by atoms with E-state index in [2.05, 4.69) is 53.6 Å². The minimum Gasteiger partial charge on any atom is -0.412 e. The maximum Gasteiger partial charge on any atom is 0.261 e. The third kappa shape index (κ3) is 6.75. The maximum absolute atomic E-state index is 9.19. The minimum absolute atomic E-state index is 0. The third-order valence-electron chi connectivity index (χ3n) is 4.01. The van der Waals surface area contributed by atoms with Crippen molar-refractivity contribution in [3.63, 3.8) is 0 Å². The lowest BCUT2D eigenvalue weighted by atomic mass is 10.2. The Balaban J connectivity index is 0.000000462. The molecule has 2 aromatic rings. The highest BCUT2D eigenvalue weighted by Gasteiger charge is 2.17. The summed E-state index contributed by atoms with van der Waals surface area (Å²) in [4.78, 5) is 2.50. The summed E-state index contributed by atoms with van der Waals surface area (Å²) < 4.78 is 33.7. The van der Waals surface area contributed by atoms with Gasteiger partial charge in [0.05, 0.1) is 19.5 Å². The number of hydrogen-bond donors (Lipinski definition) is 1. The SMILES string of the molecule is CS(=O)(=O)O.Cc1cc2ccccc2n1C(C)CN1CCOCC1.O. The van der Waals surface area contributed by atoms with Crippen LogP contribution in [0.15, 0.2) is 30.3 Å². The van der Waals surface area contributed by atoms with E-state index < -0.39 is 10.1 Å². The molecule has 1 aromatic heterocycles. The lowest BCUT2D eigenvalue weighted by Gasteiger charge is -2.30. The molecule has 1 saturated heterocycles. The first-order valence-corrected chi connectivity index (χ1v) is 9.89. The average Bonchev–Trinajstić information content (AvgIpc) is 2.82.